The van der Waals surface area contributed by atoms with Crippen molar-refractivity contribution in [3.05, 3.63) is 0 Å². The molecule has 0 aromatic heterocycles. The van der Waals surface area contributed by atoms with E-state index in [1.807, 2.05) is 0 Å². The fourth-order valence-electron chi connectivity index (χ4n) is 0.111. The van der Waals surface area contributed by atoms with Crippen molar-refractivity contribution in [1.29, 1.82) is 0 Å². The van der Waals surface area contributed by atoms with Gasteiger partial charge >= 0.3 is 37.2 Å². The van der Waals surface area contributed by atoms with E-state index >= 15 is 0 Å². The first kappa shape index (κ1) is 5.79. The molecule has 0 spiro atoms. The molecule has 0 aromatic carbocycles. The summed E-state index contributed by atoms with van der Waals surface area (Å²) in [6, 6.07) is 0. The zero-order chi connectivity index (χ0) is 4.83. The molecule has 0 aliphatic rings. The molecule has 0 heterocycles. The van der Waals surface area contributed by atoms with Gasteiger partial charge in [-0.05, 0) is 0 Å². The van der Waals surface area contributed by atoms with Crippen LogP contribution in [0.3, 0.4) is 0 Å². The van der Waals surface area contributed by atoms with Crippen LogP contribution in [0.25, 0.3) is 0 Å². The van der Waals surface area contributed by atoms with Crippen molar-refractivity contribution < 1.29 is 9.36 Å². The molecule has 0 saturated carbocycles. The molecule has 0 unspecified atom stereocenters. The first-order valence-electron chi connectivity index (χ1n) is 1.55. The van der Waals surface area contributed by atoms with E-state index in [0.717, 1.165) is 0 Å². The molecular weight excluding hydrogens is 76.4 g/mol. The number of hydrogen-bond donors (Lipinski definition) is 0. The van der Waals surface area contributed by atoms with Crippen LogP contribution in [0.4, 0.5) is 0 Å². The summed E-state index contributed by atoms with van der Waals surface area (Å²) in [5, 5.41) is 0. The summed E-state index contributed by atoms with van der Waals surface area (Å²) in [5.74, 6) is 0. The maximum absolute atomic E-state index is 9.40. The Bertz CT molecular complexity index is 59.8. The molecule has 0 saturated heterocycles. The first-order valence-corrected chi connectivity index (χ1v) is 1.55. The first-order chi connectivity index (χ1) is 2.91. The zero-order valence-electron chi connectivity index (χ0n) is 3.55. The predicted molar refractivity (Wildman–Crippen MR) is 25.0 cm³/mol. The standard InChI is InChI=1S/CH3B3O2/c1-6-4-2-3-5/h1H3. The van der Waals surface area contributed by atoms with Gasteiger partial charge in [0.05, 0.1) is 0 Å². The van der Waals surface area contributed by atoms with Gasteiger partial charge in [-0.2, -0.15) is 0 Å². The molecule has 0 fully saturated rings. The van der Waals surface area contributed by atoms with E-state index in [0.29, 0.717) is 7.04 Å². The molecule has 0 bridgehead atoms. The SMILES string of the molecule is COB=BB=O. The zero-order valence-corrected chi connectivity index (χ0v) is 3.55. The second-order valence-corrected chi connectivity index (χ2v) is 0.700. The van der Waals surface area contributed by atoms with Crippen molar-refractivity contribution >= 4 is 20.7 Å². The van der Waals surface area contributed by atoms with E-state index in [2.05, 4.69) is 4.65 Å². The average Bonchev–Trinajstić information content (AvgIpc) is 1.61. The van der Waals surface area contributed by atoms with Crippen LogP contribution in [-0.4, -0.2) is 27.8 Å². The molecule has 2 nitrogen and oxygen atoms in total. The van der Waals surface area contributed by atoms with Gasteiger partial charge in [0.2, 0.25) is 0 Å². The summed E-state index contributed by atoms with van der Waals surface area (Å²) >= 11 is 0. The van der Waals surface area contributed by atoms with Gasteiger partial charge in [-0.15, -0.1) is 0 Å². The number of rotatable bonds is 2. The fourth-order valence-corrected chi connectivity index (χ4v) is 0.111. The molecule has 0 N–H and O–H groups in total. The van der Waals surface area contributed by atoms with E-state index in [1.165, 1.54) is 20.8 Å². The Balaban J connectivity index is 2.94. The van der Waals surface area contributed by atoms with Gasteiger partial charge in [0.15, 0.2) is 0 Å². The van der Waals surface area contributed by atoms with E-state index in [1.54, 1.807) is 0 Å². The molecule has 0 aromatic rings. The van der Waals surface area contributed by atoms with Gasteiger partial charge < -0.3 is 0 Å². The van der Waals surface area contributed by atoms with Crippen LogP contribution in [0.1, 0.15) is 0 Å². The Morgan fingerprint density at radius 2 is 2.33 bits per heavy atom. The third-order valence-corrected chi connectivity index (χ3v) is 0.293. The summed E-state index contributed by atoms with van der Waals surface area (Å²) in [7, 11) is 3.45. The van der Waals surface area contributed by atoms with Crippen molar-refractivity contribution in [3.63, 3.8) is 0 Å². The van der Waals surface area contributed by atoms with Gasteiger partial charge in [-0.3, -0.25) is 0 Å². The fraction of sp³-hybridized carbons (Fsp3) is 1.00. The average molecular weight is 79.5 g/mol. The molecule has 0 rings (SSSR count). The van der Waals surface area contributed by atoms with Gasteiger partial charge in [-0.1, -0.05) is 0 Å². The number of hydrogen-bond acceptors (Lipinski definition) is 2. The molecule has 0 amide bonds. The van der Waals surface area contributed by atoms with Crippen LogP contribution in [-0.2, 0) is 9.36 Å². The minimum atomic E-state index is 0.656. The van der Waals surface area contributed by atoms with Crippen LogP contribution in [0, 0.1) is 0 Å². The van der Waals surface area contributed by atoms with Gasteiger partial charge in [0, 0.05) is 0 Å². The summed E-state index contributed by atoms with van der Waals surface area (Å²) in [4.78, 5) is 0. The summed E-state index contributed by atoms with van der Waals surface area (Å²) in [5.41, 5.74) is 0. The molecule has 0 aliphatic heterocycles. The van der Waals surface area contributed by atoms with E-state index in [9.17, 15) is 4.70 Å². The topological polar surface area (TPSA) is 26.3 Å². The van der Waals surface area contributed by atoms with E-state index < -0.39 is 0 Å². The third kappa shape index (κ3) is 3.79. The van der Waals surface area contributed by atoms with Gasteiger partial charge in [-0.25, -0.2) is 0 Å². The summed E-state index contributed by atoms with van der Waals surface area (Å²) in [6.07, 6.45) is 0. The molecule has 0 radical (unpaired) electrons. The molecule has 0 aliphatic carbocycles. The second-order valence-electron chi connectivity index (χ2n) is 0.700. The third-order valence-electron chi connectivity index (χ3n) is 0.293. The quantitative estimate of drug-likeness (QED) is 0.390. The Morgan fingerprint density at radius 1 is 1.67 bits per heavy atom. The van der Waals surface area contributed by atoms with Crippen LogP contribution in [0.5, 0.6) is 0 Å². The predicted octanol–water partition coefficient (Wildman–Crippen LogP) is -1.16. The normalized spacial score (nSPS) is 5.50. The Morgan fingerprint density at radius 3 is 2.50 bits per heavy atom. The van der Waals surface area contributed by atoms with Crippen molar-refractivity contribution in [3.8, 4) is 0 Å². The molecule has 6 heavy (non-hydrogen) atoms. The van der Waals surface area contributed by atoms with E-state index in [-0.39, 0.29) is 0 Å². The maximum atomic E-state index is 9.40. The van der Waals surface area contributed by atoms with Crippen LogP contribution in [0.15, 0.2) is 0 Å². The van der Waals surface area contributed by atoms with Crippen LogP contribution >= 0.6 is 0 Å². The van der Waals surface area contributed by atoms with Crippen molar-refractivity contribution in [2.24, 2.45) is 0 Å². The van der Waals surface area contributed by atoms with Crippen molar-refractivity contribution in [2.75, 3.05) is 7.11 Å². The van der Waals surface area contributed by atoms with E-state index in [4.69, 9.17) is 0 Å². The Hall–Kier alpha value is -0.205. The van der Waals surface area contributed by atoms with Gasteiger partial charge in [0.1, 0.15) is 0 Å². The molecule has 0 atom stereocenters. The molecule has 5 heteroatoms. The van der Waals surface area contributed by atoms with Crippen molar-refractivity contribution in [1.82, 2.24) is 0 Å². The van der Waals surface area contributed by atoms with Crippen LogP contribution < -0.4 is 0 Å². The molecular formula is CH3B3O2. The van der Waals surface area contributed by atoms with Crippen molar-refractivity contribution in [2.45, 2.75) is 0 Å². The Kier molecular flexibility index (Phi) is 4.63. The Labute approximate surface area is 38.3 Å². The monoisotopic (exact) mass is 80.0 g/mol. The minimum absolute atomic E-state index is 0.656. The summed E-state index contributed by atoms with van der Waals surface area (Å²) < 4.78 is 13.8. The molecule has 28 valence electrons. The second kappa shape index (κ2) is 4.79. The van der Waals surface area contributed by atoms with Crippen LogP contribution in [0.2, 0.25) is 0 Å². The summed E-state index contributed by atoms with van der Waals surface area (Å²) in [6.45, 7) is 1.28. The van der Waals surface area contributed by atoms with Gasteiger partial charge in [0.25, 0.3) is 0 Å².